The van der Waals surface area contributed by atoms with E-state index in [1.165, 1.54) is 6.08 Å². The van der Waals surface area contributed by atoms with Gasteiger partial charge in [0.15, 0.2) is 0 Å². The van der Waals surface area contributed by atoms with E-state index in [0.29, 0.717) is 17.9 Å². The second kappa shape index (κ2) is 9.46. The highest BCUT2D eigenvalue weighted by Crippen LogP contribution is 2.55. The van der Waals surface area contributed by atoms with Crippen LogP contribution in [0.1, 0.15) is 60.8 Å². The number of ketones is 1. The van der Waals surface area contributed by atoms with Crippen LogP contribution in [0, 0.1) is 35.0 Å². The summed E-state index contributed by atoms with van der Waals surface area (Å²) in [6.07, 6.45) is 4.86. The maximum Gasteiger partial charge on any atom is 0.331 e. The first kappa shape index (κ1) is 24.3. The third-order valence-electron chi connectivity index (χ3n) is 7.41. The maximum absolute atomic E-state index is 12.9. The van der Waals surface area contributed by atoms with Gasteiger partial charge in [-0.2, -0.15) is 0 Å². The summed E-state index contributed by atoms with van der Waals surface area (Å²) in [5.41, 5.74) is -0.191. The molecule has 0 spiro atoms. The molecule has 0 aliphatic heterocycles. The maximum atomic E-state index is 12.9. The molecule has 0 aromatic carbocycles. The number of rotatable bonds is 7. The lowest BCUT2D eigenvalue weighted by Gasteiger charge is -2.55. The summed E-state index contributed by atoms with van der Waals surface area (Å²) < 4.78 is 5.52. The lowest BCUT2D eigenvalue weighted by molar-refractivity contribution is -0.170. The van der Waals surface area contributed by atoms with Gasteiger partial charge in [-0.1, -0.05) is 51.8 Å². The second-order valence-electron chi connectivity index (χ2n) is 9.48. The Balaban J connectivity index is 2.28. The number of hydrogen-bond acceptors (Lipinski definition) is 5. The van der Waals surface area contributed by atoms with Gasteiger partial charge < -0.3 is 14.9 Å². The fourth-order valence-electron chi connectivity index (χ4n) is 5.68. The number of carbonyl (C=O) groups excluding carboxylic acids is 2. The van der Waals surface area contributed by atoms with Crippen molar-refractivity contribution in [3.63, 3.8) is 0 Å². The largest absolute Gasteiger partial charge is 0.481 e. The zero-order valence-electron chi connectivity index (χ0n) is 18.9. The molecule has 0 aromatic heterocycles. The smallest absolute Gasteiger partial charge is 0.331 e. The Morgan fingerprint density at radius 1 is 1.27 bits per heavy atom. The molecule has 0 radical (unpaired) electrons. The standard InChI is InChI=1S/C24H36O6/c1-7-14(3)18-9-8-17-22(24(18,6)16(5)25)15(4)12-19(23(17)29)30-21(28)11-13(2)10-20(26)27/h8-9,11,14-15,17-19,22-23,29H,7,10,12H2,1-6H3,(H,26,27)/b13-11+/t14-,15?,17-,18-,19-,22+,23+,24?/m1/s1. The highest BCUT2D eigenvalue weighted by atomic mass is 16.6. The Kier molecular flexibility index (Phi) is 7.67. The van der Waals surface area contributed by atoms with Gasteiger partial charge in [-0.3, -0.25) is 9.59 Å². The van der Waals surface area contributed by atoms with E-state index in [4.69, 9.17) is 9.84 Å². The predicted molar refractivity (Wildman–Crippen MR) is 114 cm³/mol. The third-order valence-corrected chi connectivity index (χ3v) is 7.41. The van der Waals surface area contributed by atoms with Crippen molar-refractivity contribution < 1.29 is 29.3 Å². The van der Waals surface area contributed by atoms with Crippen LogP contribution in [-0.2, 0) is 19.1 Å². The summed E-state index contributed by atoms with van der Waals surface area (Å²) >= 11 is 0. The molecule has 8 atom stereocenters. The minimum Gasteiger partial charge on any atom is -0.481 e. The Bertz CT molecular complexity index is 738. The number of aliphatic hydroxyl groups is 1. The summed E-state index contributed by atoms with van der Waals surface area (Å²) in [6, 6.07) is 0. The van der Waals surface area contributed by atoms with E-state index in [1.54, 1.807) is 13.8 Å². The van der Waals surface area contributed by atoms with Gasteiger partial charge in [0.25, 0.3) is 0 Å². The van der Waals surface area contributed by atoms with E-state index in [0.717, 1.165) is 6.42 Å². The molecule has 168 valence electrons. The molecule has 0 heterocycles. The van der Waals surface area contributed by atoms with E-state index >= 15 is 0 Å². The molecule has 1 fully saturated rings. The Labute approximate surface area is 179 Å². The summed E-state index contributed by atoms with van der Waals surface area (Å²) in [5.74, 6) is -1.31. The van der Waals surface area contributed by atoms with Gasteiger partial charge in [0.05, 0.1) is 12.5 Å². The van der Waals surface area contributed by atoms with Crippen molar-refractivity contribution in [1.82, 2.24) is 0 Å². The van der Waals surface area contributed by atoms with Gasteiger partial charge in [-0.05, 0) is 43.9 Å². The quantitative estimate of drug-likeness (QED) is 0.369. The molecular formula is C24H36O6. The zero-order valence-corrected chi connectivity index (χ0v) is 18.9. The van der Waals surface area contributed by atoms with Gasteiger partial charge in [0.2, 0.25) is 0 Å². The third kappa shape index (κ3) is 4.69. The molecule has 2 unspecified atom stereocenters. The minimum absolute atomic E-state index is 0.0340. The molecule has 0 saturated heterocycles. The van der Waals surface area contributed by atoms with Gasteiger partial charge >= 0.3 is 11.9 Å². The van der Waals surface area contributed by atoms with Crippen LogP contribution in [-0.4, -0.2) is 40.1 Å². The molecule has 0 aromatic rings. The van der Waals surface area contributed by atoms with Crippen molar-refractivity contribution in [1.29, 1.82) is 0 Å². The van der Waals surface area contributed by atoms with E-state index in [9.17, 15) is 19.5 Å². The van der Waals surface area contributed by atoms with Gasteiger partial charge in [-0.15, -0.1) is 0 Å². The first-order valence-electron chi connectivity index (χ1n) is 10.9. The van der Waals surface area contributed by atoms with Crippen molar-refractivity contribution in [2.75, 3.05) is 0 Å². The minimum atomic E-state index is -1.02. The highest BCUT2D eigenvalue weighted by Gasteiger charge is 2.57. The summed E-state index contributed by atoms with van der Waals surface area (Å²) in [4.78, 5) is 35.9. The van der Waals surface area contributed by atoms with Crippen molar-refractivity contribution in [3.8, 4) is 0 Å². The summed E-state index contributed by atoms with van der Waals surface area (Å²) in [5, 5.41) is 19.9. The van der Waals surface area contributed by atoms with Crippen LogP contribution in [0.25, 0.3) is 0 Å². The number of carbonyl (C=O) groups is 3. The van der Waals surface area contributed by atoms with E-state index in [1.807, 2.05) is 13.0 Å². The number of carboxylic acids is 1. The lowest BCUT2D eigenvalue weighted by atomic mass is 9.49. The fraction of sp³-hybridized carbons (Fsp3) is 0.708. The van der Waals surface area contributed by atoms with E-state index < -0.39 is 29.6 Å². The van der Waals surface area contributed by atoms with Crippen molar-refractivity contribution >= 4 is 17.7 Å². The Hall–Kier alpha value is -1.95. The highest BCUT2D eigenvalue weighted by molar-refractivity contribution is 5.84. The van der Waals surface area contributed by atoms with Crippen molar-refractivity contribution in [2.45, 2.75) is 73.0 Å². The molecule has 2 N–H and O–H groups in total. The van der Waals surface area contributed by atoms with Crippen molar-refractivity contribution in [2.24, 2.45) is 35.0 Å². The van der Waals surface area contributed by atoms with Crippen molar-refractivity contribution in [3.05, 3.63) is 23.8 Å². The number of fused-ring (bicyclic) bond motifs is 1. The Morgan fingerprint density at radius 3 is 2.43 bits per heavy atom. The molecule has 1 saturated carbocycles. The molecule has 2 aliphatic rings. The number of allylic oxidation sites excluding steroid dienone is 1. The number of esters is 1. The second-order valence-corrected chi connectivity index (χ2v) is 9.48. The fourth-order valence-corrected chi connectivity index (χ4v) is 5.68. The number of aliphatic hydroxyl groups excluding tert-OH is 1. The summed E-state index contributed by atoms with van der Waals surface area (Å²) in [7, 11) is 0. The summed E-state index contributed by atoms with van der Waals surface area (Å²) in [6.45, 7) is 11.6. The van der Waals surface area contributed by atoms with Gasteiger partial charge in [0.1, 0.15) is 11.9 Å². The number of hydrogen-bond donors (Lipinski definition) is 2. The monoisotopic (exact) mass is 420 g/mol. The van der Waals surface area contributed by atoms with Crippen LogP contribution < -0.4 is 0 Å². The normalized spacial score (nSPS) is 37.2. The zero-order chi connectivity index (χ0) is 22.8. The van der Waals surface area contributed by atoms with E-state index in [-0.39, 0.29) is 35.9 Å². The molecule has 6 heteroatoms. The molecular weight excluding hydrogens is 384 g/mol. The molecule has 0 amide bonds. The average Bonchev–Trinajstić information content (AvgIpc) is 2.63. The van der Waals surface area contributed by atoms with Crippen LogP contribution in [0.2, 0.25) is 0 Å². The molecule has 2 rings (SSSR count). The lowest BCUT2D eigenvalue weighted by Crippen LogP contribution is -2.58. The first-order chi connectivity index (χ1) is 13.9. The number of carboxylic acid groups (broad SMARTS) is 1. The predicted octanol–water partition coefficient (Wildman–Crippen LogP) is 3.78. The Morgan fingerprint density at radius 2 is 1.90 bits per heavy atom. The van der Waals surface area contributed by atoms with Gasteiger partial charge in [0, 0.05) is 17.4 Å². The number of aliphatic carboxylic acids is 1. The molecule has 2 aliphatic carbocycles. The average molecular weight is 421 g/mol. The van der Waals surface area contributed by atoms with Crippen LogP contribution in [0.5, 0.6) is 0 Å². The van der Waals surface area contributed by atoms with E-state index in [2.05, 4.69) is 26.8 Å². The van der Waals surface area contributed by atoms with Crippen LogP contribution >= 0.6 is 0 Å². The SMILES string of the molecule is CC[C@@H](C)[C@H]1C=C[C@H]2[C@H](O)[C@H](OC(=O)/C=C(\C)CC(=O)O)CC(C)[C@@H]2C1(C)C(C)=O. The molecule has 30 heavy (non-hydrogen) atoms. The van der Waals surface area contributed by atoms with Crippen LogP contribution in [0.15, 0.2) is 23.8 Å². The topological polar surface area (TPSA) is 101 Å². The van der Waals surface area contributed by atoms with Crippen LogP contribution in [0.3, 0.4) is 0 Å². The first-order valence-corrected chi connectivity index (χ1v) is 10.9. The molecule has 0 bridgehead atoms. The van der Waals surface area contributed by atoms with Gasteiger partial charge in [-0.25, -0.2) is 4.79 Å². The number of ether oxygens (including phenoxy) is 1. The van der Waals surface area contributed by atoms with Crippen LogP contribution in [0.4, 0.5) is 0 Å². The molecule has 6 nitrogen and oxygen atoms in total. The number of Topliss-reactive ketones (excluding diaryl/α,β-unsaturated/α-hetero) is 1.